The second-order valence-electron chi connectivity index (χ2n) is 10.9. The van der Waals surface area contributed by atoms with E-state index in [1.54, 1.807) is 11.0 Å². The molecule has 0 radical (unpaired) electrons. The third-order valence-electron chi connectivity index (χ3n) is 7.12. The van der Waals surface area contributed by atoms with Gasteiger partial charge in [0.15, 0.2) is 5.78 Å². The Hall–Kier alpha value is -4.18. The Bertz CT molecular complexity index is 1700. The summed E-state index contributed by atoms with van der Waals surface area (Å²) in [5.41, 5.74) is 1.64. The fraction of sp³-hybridized carbons (Fsp3) is 0.212. The lowest BCUT2D eigenvalue weighted by molar-refractivity contribution is 0.0559. The molecule has 1 unspecified atom stereocenters. The first-order chi connectivity index (χ1) is 17.8. The van der Waals surface area contributed by atoms with E-state index in [1.807, 2.05) is 39.0 Å². The van der Waals surface area contributed by atoms with E-state index in [4.69, 9.17) is 4.74 Å². The summed E-state index contributed by atoms with van der Waals surface area (Å²) in [5.74, 6) is 0.0547. The van der Waals surface area contributed by atoms with Crippen LogP contribution < -0.4 is 4.90 Å². The van der Waals surface area contributed by atoms with Crippen LogP contribution in [0.3, 0.4) is 0 Å². The predicted octanol–water partition coefficient (Wildman–Crippen LogP) is 8.09. The molecule has 6 rings (SSSR count). The van der Waals surface area contributed by atoms with E-state index in [-0.39, 0.29) is 18.2 Å². The maximum atomic E-state index is 13.3. The van der Waals surface area contributed by atoms with E-state index in [0.29, 0.717) is 17.7 Å². The highest BCUT2D eigenvalue weighted by Gasteiger charge is 2.37. The molecule has 0 spiro atoms. The van der Waals surface area contributed by atoms with Crippen molar-refractivity contribution in [1.82, 2.24) is 0 Å². The summed E-state index contributed by atoms with van der Waals surface area (Å²) in [7, 11) is 0. The van der Waals surface area contributed by atoms with Gasteiger partial charge in [-0.25, -0.2) is 4.79 Å². The number of carbonyl (C=O) groups is 2. The van der Waals surface area contributed by atoms with Gasteiger partial charge in [0.25, 0.3) is 0 Å². The van der Waals surface area contributed by atoms with Gasteiger partial charge >= 0.3 is 6.09 Å². The van der Waals surface area contributed by atoms with Crippen LogP contribution in [0.4, 0.5) is 10.5 Å². The number of ketones is 1. The van der Waals surface area contributed by atoms with Crippen molar-refractivity contribution in [3.05, 3.63) is 102 Å². The summed E-state index contributed by atoms with van der Waals surface area (Å²) >= 11 is 0. The van der Waals surface area contributed by atoms with Gasteiger partial charge in [0, 0.05) is 12.0 Å². The van der Waals surface area contributed by atoms with Crippen LogP contribution in [0.2, 0.25) is 0 Å². The highest BCUT2D eigenvalue weighted by Crippen LogP contribution is 2.35. The van der Waals surface area contributed by atoms with Gasteiger partial charge in [0.05, 0.1) is 11.7 Å². The van der Waals surface area contributed by atoms with Crippen molar-refractivity contribution in [2.24, 2.45) is 0 Å². The quantitative estimate of drug-likeness (QED) is 0.236. The van der Waals surface area contributed by atoms with Gasteiger partial charge in [-0.1, -0.05) is 78.9 Å². The van der Waals surface area contributed by atoms with Crippen LogP contribution in [0.25, 0.3) is 32.3 Å². The number of para-hydroxylation sites is 1. The van der Waals surface area contributed by atoms with Crippen molar-refractivity contribution in [1.29, 1.82) is 0 Å². The molecule has 0 aromatic heterocycles. The number of anilines is 1. The van der Waals surface area contributed by atoms with E-state index in [1.165, 1.54) is 26.9 Å². The number of carbonyl (C=O) groups excluding carboxylic acids is 2. The molecule has 1 aliphatic heterocycles. The third-order valence-corrected chi connectivity index (χ3v) is 7.12. The summed E-state index contributed by atoms with van der Waals surface area (Å²) in [4.78, 5) is 28.0. The first-order valence-electron chi connectivity index (χ1n) is 12.8. The van der Waals surface area contributed by atoms with E-state index in [9.17, 15) is 9.59 Å². The number of nitrogens with zero attached hydrogens (tertiary/aromatic N) is 1. The molecule has 0 saturated heterocycles. The van der Waals surface area contributed by atoms with Gasteiger partial charge in [-0.05, 0) is 77.2 Å². The molecule has 0 aliphatic carbocycles. The molecule has 4 nitrogen and oxygen atoms in total. The molecule has 5 aromatic rings. The molecule has 184 valence electrons. The number of fused-ring (bicyclic) bond motifs is 6. The average molecular weight is 488 g/mol. The Morgan fingerprint density at radius 2 is 1.46 bits per heavy atom. The lowest BCUT2D eigenvalue weighted by Crippen LogP contribution is -2.48. The van der Waals surface area contributed by atoms with Gasteiger partial charge in [0.1, 0.15) is 5.60 Å². The highest BCUT2D eigenvalue weighted by molar-refractivity contribution is 6.17. The molecule has 37 heavy (non-hydrogen) atoms. The molecule has 0 saturated carbocycles. The smallest absolute Gasteiger partial charge is 0.415 e. The summed E-state index contributed by atoms with van der Waals surface area (Å²) in [6.07, 6.45) is 0.402. The molecule has 4 heteroatoms. The van der Waals surface area contributed by atoms with Crippen LogP contribution in [0.5, 0.6) is 0 Å². The van der Waals surface area contributed by atoms with Gasteiger partial charge in [-0.3, -0.25) is 9.69 Å². The van der Waals surface area contributed by atoms with Crippen molar-refractivity contribution in [3.63, 3.8) is 0 Å². The van der Waals surface area contributed by atoms with E-state index in [2.05, 4.69) is 66.7 Å². The van der Waals surface area contributed by atoms with Crippen molar-refractivity contribution in [3.8, 4) is 0 Å². The minimum atomic E-state index is -0.633. The van der Waals surface area contributed by atoms with Gasteiger partial charge in [-0.15, -0.1) is 0 Å². The Kier molecular flexibility index (Phi) is 5.49. The van der Waals surface area contributed by atoms with Crippen molar-refractivity contribution < 1.29 is 14.3 Å². The fourth-order valence-corrected chi connectivity index (χ4v) is 5.53. The third kappa shape index (κ3) is 4.23. The normalized spacial score (nSPS) is 15.8. The molecular weight excluding hydrogens is 458 g/mol. The molecule has 0 bridgehead atoms. The molecular formula is C33H29NO3. The predicted molar refractivity (Wildman–Crippen MR) is 151 cm³/mol. The van der Waals surface area contributed by atoms with E-state index in [0.717, 1.165) is 10.9 Å². The topological polar surface area (TPSA) is 46.6 Å². The average Bonchev–Trinajstić information content (AvgIpc) is 2.87. The number of rotatable bonds is 2. The number of Topliss-reactive ketones (excluding diaryl/α,β-unsaturated/α-hetero) is 1. The van der Waals surface area contributed by atoms with Gasteiger partial charge in [0.2, 0.25) is 0 Å². The molecule has 1 aliphatic rings. The maximum Gasteiger partial charge on any atom is 0.415 e. The van der Waals surface area contributed by atoms with Crippen LogP contribution >= 0.6 is 0 Å². The van der Waals surface area contributed by atoms with Gasteiger partial charge < -0.3 is 4.74 Å². The van der Waals surface area contributed by atoms with Crippen LogP contribution in [-0.2, 0) is 11.2 Å². The first kappa shape index (κ1) is 23.2. The Morgan fingerprint density at radius 1 is 0.811 bits per heavy atom. The minimum absolute atomic E-state index is 0.0547. The summed E-state index contributed by atoms with van der Waals surface area (Å²) in [5, 5.41) is 7.28. The van der Waals surface area contributed by atoms with Crippen molar-refractivity contribution in [2.75, 3.05) is 4.90 Å². The molecule has 0 N–H and O–H groups in total. The Morgan fingerprint density at radius 3 is 2.24 bits per heavy atom. The molecule has 1 atom stereocenters. The lowest BCUT2D eigenvalue weighted by Gasteiger charge is -2.37. The SMILES string of the molecule is CC(C)(C)OC(=O)N1c2ccccc2C(=O)CC1Cc1ccc2c(ccc3c4ccccc4ccc23)c1. The Balaban J connectivity index is 1.39. The zero-order valence-electron chi connectivity index (χ0n) is 21.3. The summed E-state index contributed by atoms with van der Waals surface area (Å²) in [6, 6.07) is 30.6. The number of ether oxygens (including phenoxy) is 1. The largest absolute Gasteiger partial charge is 0.443 e. The zero-order chi connectivity index (χ0) is 25.7. The second-order valence-corrected chi connectivity index (χ2v) is 10.9. The Labute approximate surface area is 216 Å². The second kappa shape index (κ2) is 8.74. The molecule has 1 amide bonds. The standard InChI is InChI=1S/C33H29NO3/c1-33(2,3)37-32(36)34-24(20-31(35)29-10-6-7-11-30(29)34)19-21-12-15-26-23(18-21)14-17-27-25-9-5-4-8-22(25)13-16-28(26)27/h4-18,24H,19-20H2,1-3H3. The number of hydrogen-bond acceptors (Lipinski definition) is 3. The van der Waals surface area contributed by atoms with E-state index < -0.39 is 11.7 Å². The van der Waals surface area contributed by atoms with Gasteiger partial charge in [-0.2, -0.15) is 0 Å². The summed E-state index contributed by atoms with van der Waals surface area (Å²) < 4.78 is 5.77. The number of hydrogen-bond donors (Lipinski definition) is 0. The van der Waals surface area contributed by atoms with Crippen LogP contribution in [0.15, 0.2) is 91.0 Å². The number of amides is 1. The van der Waals surface area contributed by atoms with Crippen LogP contribution in [-0.4, -0.2) is 23.5 Å². The fourth-order valence-electron chi connectivity index (χ4n) is 5.53. The monoisotopic (exact) mass is 487 g/mol. The molecule has 1 heterocycles. The first-order valence-corrected chi connectivity index (χ1v) is 12.8. The van der Waals surface area contributed by atoms with Crippen LogP contribution in [0, 0.1) is 0 Å². The zero-order valence-corrected chi connectivity index (χ0v) is 21.3. The van der Waals surface area contributed by atoms with Crippen molar-refractivity contribution in [2.45, 2.75) is 45.3 Å². The molecule has 5 aromatic carbocycles. The highest BCUT2D eigenvalue weighted by atomic mass is 16.6. The summed E-state index contributed by atoms with van der Waals surface area (Å²) in [6.45, 7) is 5.58. The van der Waals surface area contributed by atoms with Crippen LogP contribution in [0.1, 0.15) is 43.1 Å². The number of benzene rings is 5. The van der Waals surface area contributed by atoms with Crippen molar-refractivity contribution >= 4 is 49.9 Å². The maximum absolute atomic E-state index is 13.3. The van der Waals surface area contributed by atoms with E-state index >= 15 is 0 Å². The molecule has 0 fully saturated rings. The minimum Gasteiger partial charge on any atom is -0.443 e. The lowest BCUT2D eigenvalue weighted by atomic mass is 9.90.